The summed E-state index contributed by atoms with van der Waals surface area (Å²) >= 11 is 0. The second-order valence-corrected chi connectivity index (χ2v) is 6.32. The molecule has 5 nitrogen and oxygen atoms in total. The standard InChI is InChI=1S/C22H26N2O3/c1-25-15-16-27-22(17-23-14-13-21(22)26-2)18-24(19-9-5-3-6-10-19)20-11-7-4-8-12-20/h3-14H,15-18H2,1-2H3. The highest BCUT2D eigenvalue weighted by Gasteiger charge is 2.40. The van der Waals surface area contributed by atoms with Gasteiger partial charge in [-0.3, -0.25) is 4.99 Å². The SMILES string of the molecule is COCCOC1(CN(c2ccccc2)c2ccccc2)CN=CC=C1OC. The number of rotatable bonds is 9. The van der Waals surface area contributed by atoms with Crippen LogP contribution >= 0.6 is 0 Å². The molecule has 1 aliphatic rings. The number of ether oxygens (including phenoxy) is 3. The molecule has 0 bridgehead atoms. The zero-order valence-corrected chi connectivity index (χ0v) is 15.9. The molecule has 0 spiro atoms. The molecule has 5 heteroatoms. The lowest BCUT2D eigenvalue weighted by atomic mass is 9.97. The van der Waals surface area contributed by atoms with Gasteiger partial charge in [-0.25, -0.2) is 0 Å². The van der Waals surface area contributed by atoms with E-state index in [1.54, 1.807) is 20.4 Å². The molecule has 1 heterocycles. The van der Waals surface area contributed by atoms with Gasteiger partial charge in [0, 0.05) is 24.7 Å². The van der Waals surface area contributed by atoms with E-state index >= 15 is 0 Å². The van der Waals surface area contributed by atoms with Gasteiger partial charge in [0.15, 0.2) is 5.60 Å². The van der Waals surface area contributed by atoms with Crippen molar-refractivity contribution in [1.29, 1.82) is 0 Å². The molecular formula is C22H26N2O3. The smallest absolute Gasteiger partial charge is 0.162 e. The molecule has 0 saturated heterocycles. The van der Waals surface area contributed by atoms with Crippen LogP contribution in [0.15, 0.2) is 77.5 Å². The van der Waals surface area contributed by atoms with Gasteiger partial charge in [0.2, 0.25) is 0 Å². The number of para-hydroxylation sites is 2. The van der Waals surface area contributed by atoms with Gasteiger partial charge in [-0.15, -0.1) is 0 Å². The molecule has 0 aliphatic carbocycles. The molecule has 1 atom stereocenters. The first kappa shape index (κ1) is 19.1. The minimum atomic E-state index is -0.687. The van der Waals surface area contributed by atoms with E-state index < -0.39 is 5.60 Å². The predicted octanol–water partition coefficient (Wildman–Crippen LogP) is 3.84. The molecule has 1 aliphatic heterocycles. The number of hydrogen-bond acceptors (Lipinski definition) is 5. The summed E-state index contributed by atoms with van der Waals surface area (Å²) in [5.74, 6) is 0.769. The third-order valence-corrected chi connectivity index (χ3v) is 4.56. The lowest BCUT2D eigenvalue weighted by Crippen LogP contribution is -2.50. The van der Waals surface area contributed by atoms with Gasteiger partial charge in [-0.2, -0.15) is 0 Å². The summed E-state index contributed by atoms with van der Waals surface area (Å²) in [6, 6.07) is 20.6. The van der Waals surface area contributed by atoms with Crippen LogP contribution in [0, 0.1) is 0 Å². The van der Waals surface area contributed by atoms with Crippen molar-refractivity contribution in [3.8, 4) is 0 Å². The average Bonchev–Trinajstić information content (AvgIpc) is 2.74. The van der Waals surface area contributed by atoms with Gasteiger partial charge in [-0.1, -0.05) is 36.4 Å². The van der Waals surface area contributed by atoms with Gasteiger partial charge in [0.1, 0.15) is 5.76 Å². The fourth-order valence-electron chi connectivity index (χ4n) is 3.22. The number of nitrogens with zero attached hydrogens (tertiary/aromatic N) is 2. The lowest BCUT2D eigenvalue weighted by Gasteiger charge is -2.40. The highest BCUT2D eigenvalue weighted by atomic mass is 16.6. The Kier molecular flexibility index (Phi) is 6.63. The van der Waals surface area contributed by atoms with Crippen molar-refractivity contribution in [2.24, 2.45) is 4.99 Å². The van der Waals surface area contributed by atoms with E-state index in [1.165, 1.54) is 0 Å². The minimum Gasteiger partial charge on any atom is -0.498 e. The first-order valence-corrected chi connectivity index (χ1v) is 9.04. The number of methoxy groups -OCH3 is 2. The van der Waals surface area contributed by atoms with Crippen LogP contribution in [-0.4, -0.2) is 52.3 Å². The molecule has 1 unspecified atom stereocenters. The fourth-order valence-corrected chi connectivity index (χ4v) is 3.22. The molecule has 27 heavy (non-hydrogen) atoms. The molecule has 0 fully saturated rings. The van der Waals surface area contributed by atoms with Crippen LogP contribution in [0.1, 0.15) is 0 Å². The van der Waals surface area contributed by atoms with E-state index in [0.29, 0.717) is 26.3 Å². The maximum atomic E-state index is 6.31. The molecule has 0 aromatic heterocycles. The van der Waals surface area contributed by atoms with Crippen LogP contribution in [0.3, 0.4) is 0 Å². The van der Waals surface area contributed by atoms with Crippen molar-refractivity contribution in [3.63, 3.8) is 0 Å². The Morgan fingerprint density at radius 1 is 0.926 bits per heavy atom. The minimum absolute atomic E-state index is 0.462. The third-order valence-electron chi connectivity index (χ3n) is 4.56. The van der Waals surface area contributed by atoms with Crippen molar-refractivity contribution < 1.29 is 14.2 Å². The molecule has 2 aromatic carbocycles. The fraction of sp³-hybridized carbons (Fsp3) is 0.318. The second kappa shape index (κ2) is 9.35. The maximum Gasteiger partial charge on any atom is 0.162 e. The normalized spacial score (nSPS) is 18.8. The molecule has 0 amide bonds. The van der Waals surface area contributed by atoms with Crippen LogP contribution in [0.5, 0.6) is 0 Å². The van der Waals surface area contributed by atoms with Crippen molar-refractivity contribution in [3.05, 3.63) is 72.5 Å². The van der Waals surface area contributed by atoms with E-state index in [4.69, 9.17) is 14.2 Å². The summed E-state index contributed by atoms with van der Waals surface area (Å²) in [6.07, 6.45) is 3.65. The summed E-state index contributed by atoms with van der Waals surface area (Å²) in [5, 5.41) is 0. The summed E-state index contributed by atoms with van der Waals surface area (Å²) in [6.45, 7) is 2.04. The van der Waals surface area contributed by atoms with Crippen molar-refractivity contribution in [2.75, 3.05) is 45.4 Å². The Morgan fingerprint density at radius 2 is 1.56 bits per heavy atom. The van der Waals surface area contributed by atoms with Gasteiger partial charge >= 0.3 is 0 Å². The molecule has 3 rings (SSSR count). The Balaban J connectivity index is 1.97. The first-order chi connectivity index (χ1) is 13.3. The molecule has 0 N–H and O–H groups in total. The van der Waals surface area contributed by atoms with Gasteiger partial charge < -0.3 is 19.1 Å². The lowest BCUT2D eigenvalue weighted by molar-refractivity contribution is -0.0547. The van der Waals surface area contributed by atoms with Crippen LogP contribution in [0.2, 0.25) is 0 Å². The van der Waals surface area contributed by atoms with Gasteiger partial charge in [0.25, 0.3) is 0 Å². The first-order valence-electron chi connectivity index (χ1n) is 9.04. The zero-order chi connectivity index (χ0) is 19.0. The largest absolute Gasteiger partial charge is 0.498 e. The molecule has 0 radical (unpaired) electrons. The Bertz CT molecular complexity index is 722. The number of aliphatic imine (C=N–C) groups is 1. The van der Waals surface area contributed by atoms with Crippen LogP contribution in [0.25, 0.3) is 0 Å². The highest BCUT2D eigenvalue weighted by molar-refractivity contribution is 5.74. The van der Waals surface area contributed by atoms with E-state index in [1.807, 2.05) is 42.5 Å². The molecule has 0 saturated carbocycles. The van der Waals surface area contributed by atoms with Gasteiger partial charge in [-0.05, 0) is 30.3 Å². The van der Waals surface area contributed by atoms with E-state index in [-0.39, 0.29) is 0 Å². The van der Waals surface area contributed by atoms with E-state index in [2.05, 4.69) is 34.2 Å². The summed E-state index contributed by atoms with van der Waals surface area (Å²) in [7, 11) is 3.34. The van der Waals surface area contributed by atoms with Crippen molar-refractivity contribution >= 4 is 17.6 Å². The quantitative estimate of drug-likeness (QED) is 0.633. The summed E-state index contributed by atoms with van der Waals surface area (Å²) in [4.78, 5) is 6.71. The number of anilines is 2. The van der Waals surface area contributed by atoms with Crippen molar-refractivity contribution in [2.45, 2.75) is 5.60 Å². The molecular weight excluding hydrogens is 340 g/mol. The third kappa shape index (κ3) is 4.56. The second-order valence-electron chi connectivity index (χ2n) is 6.32. The topological polar surface area (TPSA) is 43.3 Å². The van der Waals surface area contributed by atoms with Crippen molar-refractivity contribution in [1.82, 2.24) is 0 Å². The Morgan fingerprint density at radius 3 is 2.11 bits per heavy atom. The maximum absolute atomic E-state index is 6.31. The van der Waals surface area contributed by atoms with E-state index in [9.17, 15) is 0 Å². The zero-order valence-electron chi connectivity index (χ0n) is 15.9. The number of allylic oxidation sites excluding steroid dienone is 1. The Hall–Kier alpha value is -2.63. The number of benzene rings is 2. The van der Waals surface area contributed by atoms with E-state index in [0.717, 1.165) is 17.1 Å². The molecule has 142 valence electrons. The molecule has 2 aromatic rings. The summed E-state index contributed by atoms with van der Waals surface area (Å²) < 4.78 is 17.2. The number of dihydropyridines is 1. The predicted molar refractivity (Wildman–Crippen MR) is 109 cm³/mol. The van der Waals surface area contributed by atoms with Crippen LogP contribution < -0.4 is 4.90 Å². The van der Waals surface area contributed by atoms with Crippen LogP contribution in [-0.2, 0) is 14.2 Å². The van der Waals surface area contributed by atoms with Gasteiger partial charge in [0.05, 0.1) is 33.4 Å². The highest BCUT2D eigenvalue weighted by Crippen LogP contribution is 2.33. The average molecular weight is 366 g/mol. The summed E-state index contributed by atoms with van der Waals surface area (Å²) in [5.41, 5.74) is 1.49. The Labute approximate surface area is 160 Å². The number of hydrogen-bond donors (Lipinski definition) is 0. The monoisotopic (exact) mass is 366 g/mol. The van der Waals surface area contributed by atoms with Crippen LogP contribution in [0.4, 0.5) is 11.4 Å².